The van der Waals surface area contributed by atoms with Crippen molar-refractivity contribution in [2.45, 2.75) is 20.4 Å². The quantitative estimate of drug-likeness (QED) is 0.865. The average molecular weight is 285 g/mol. The lowest BCUT2D eigenvalue weighted by Gasteiger charge is -2.18. The Balaban J connectivity index is 2.17. The van der Waals surface area contributed by atoms with Gasteiger partial charge in [0.2, 0.25) is 0 Å². The van der Waals surface area contributed by atoms with Gasteiger partial charge in [0.1, 0.15) is 5.69 Å². The first-order valence-corrected chi connectivity index (χ1v) is 6.70. The van der Waals surface area contributed by atoms with E-state index in [-0.39, 0.29) is 11.9 Å². The molecule has 21 heavy (non-hydrogen) atoms. The number of hydrogen-bond acceptors (Lipinski definition) is 4. The summed E-state index contributed by atoms with van der Waals surface area (Å²) in [6, 6.07) is 8.01. The maximum atomic E-state index is 12.4. The number of nitrogens with zero attached hydrogens (tertiary/aromatic N) is 3. The van der Waals surface area contributed by atoms with Crippen LogP contribution in [0.2, 0.25) is 0 Å². The number of carbonyl (C=O) groups excluding carboxylic acids is 1. The zero-order chi connectivity index (χ0) is 15.4. The van der Waals surface area contributed by atoms with Crippen LogP contribution in [0.25, 0.3) is 0 Å². The van der Waals surface area contributed by atoms with Gasteiger partial charge in [-0.3, -0.25) is 4.79 Å². The number of ether oxygens (including phenoxy) is 1. The van der Waals surface area contributed by atoms with Crippen LogP contribution in [0.1, 0.15) is 27.2 Å². The van der Waals surface area contributed by atoms with Crippen molar-refractivity contribution < 1.29 is 9.53 Å². The number of hydrogen-bond donors (Lipinski definition) is 0. The number of methoxy groups -OCH3 is 1. The van der Waals surface area contributed by atoms with Crippen LogP contribution in [0, 0.1) is 13.8 Å². The lowest BCUT2D eigenvalue weighted by molar-refractivity contribution is 0.0777. The Morgan fingerprint density at radius 1 is 1.29 bits per heavy atom. The zero-order valence-electron chi connectivity index (χ0n) is 12.8. The van der Waals surface area contributed by atoms with Gasteiger partial charge in [0.05, 0.1) is 7.11 Å². The molecule has 0 spiro atoms. The van der Waals surface area contributed by atoms with E-state index in [1.807, 2.05) is 13.8 Å². The van der Waals surface area contributed by atoms with Crippen molar-refractivity contribution in [3.8, 4) is 6.01 Å². The lowest BCUT2D eigenvalue weighted by atomic mass is 10.1. The van der Waals surface area contributed by atoms with Crippen molar-refractivity contribution >= 4 is 5.91 Å². The first-order chi connectivity index (χ1) is 10.0. The van der Waals surface area contributed by atoms with E-state index >= 15 is 0 Å². The van der Waals surface area contributed by atoms with Crippen LogP contribution in [0.3, 0.4) is 0 Å². The van der Waals surface area contributed by atoms with Gasteiger partial charge in [-0.15, -0.1) is 0 Å². The largest absolute Gasteiger partial charge is 0.467 e. The van der Waals surface area contributed by atoms with Crippen LogP contribution in [0.5, 0.6) is 6.01 Å². The topological polar surface area (TPSA) is 55.3 Å². The number of carbonyl (C=O) groups is 1. The third-order valence-electron chi connectivity index (χ3n) is 3.29. The van der Waals surface area contributed by atoms with Gasteiger partial charge in [-0.1, -0.05) is 23.8 Å². The Labute approximate surface area is 124 Å². The zero-order valence-corrected chi connectivity index (χ0v) is 12.8. The Kier molecular flexibility index (Phi) is 4.52. The maximum Gasteiger partial charge on any atom is 0.316 e. The van der Waals surface area contributed by atoms with E-state index < -0.39 is 0 Å². The van der Waals surface area contributed by atoms with Crippen LogP contribution < -0.4 is 4.74 Å². The molecule has 1 aromatic heterocycles. The molecule has 2 rings (SSSR count). The predicted octanol–water partition coefficient (Wildman–Crippen LogP) is 2.37. The second kappa shape index (κ2) is 6.35. The minimum atomic E-state index is -0.156. The van der Waals surface area contributed by atoms with Crippen molar-refractivity contribution in [2.24, 2.45) is 0 Å². The molecular weight excluding hydrogens is 266 g/mol. The molecule has 0 aliphatic heterocycles. The van der Waals surface area contributed by atoms with Crippen LogP contribution in [0.4, 0.5) is 0 Å². The SMILES string of the molecule is COc1nccc(C(=O)N(C)Cc2cc(C)ccc2C)n1. The summed E-state index contributed by atoms with van der Waals surface area (Å²) in [5.41, 5.74) is 3.81. The van der Waals surface area contributed by atoms with Gasteiger partial charge in [0.15, 0.2) is 0 Å². The molecule has 1 aromatic carbocycles. The van der Waals surface area contributed by atoms with Crippen molar-refractivity contribution in [3.63, 3.8) is 0 Å². The molecule has 0 fully saturated rings. The first kappa shape index (κ1) is 15.0. The molecular formula is C16H19N3O2. The summed E-state index contributed by atoms with van der Waals surface area (Å²) in [7, 11) is 3.24. The minimum absolute atomic E-state index is 0.156. The fourth-order valence-electron chi connectivity index (χ4n) is 2.05. The molecule has 1 heterocycles. The van der Waals surface area contributed by atoms with Crippen LogP contribution >= 0.6 is 0 Å². The van der Waals surface area contributed by atoms with E-state index in [4.69, 9.17) is 4.74 Å². The molecule has 0 radical (unpaired) electrons. The maximum absolute atomic E-state index is 12.4. The second-order valence-electron chi connectivity index (χ2n) is 5.02. The Morgan fingerprint density at radius 3 is 2.76 bits per heavy atom. The Morgan fingerprint density at radius 2 is 2.05 bits per heavy atom. The summed E-state index contributed by atoms with van der Waals surface area (Å²) in [5, 5.41) is 0. The van der Waals surface area contributed by atoms with Crippen molar-refractivity contribution in [1.82, 2.24) is 14.9 Å². The van der Waals surface area contributed by atoms with Crippen LogP contribution in [-0.4, -0.2) is 34.9 Å². The monoisotopic (exact) mass is 285 g/mol. The highest BCUT2D eigenvalue weighted by Crippen LogP contribution is 2.14. The molecule has 0 aliphatic carbocycles. The smallest absolute Gasteiger partial charge is 0.316 e. The summed E-state index contributed by atoms with van der Waals surface area (Å²) in [6.07, 6.45) is 1.52. The number of benzene rings is 1. The van der Waals surface area contributed by atoms with E-state index in [1.165, 1.54) is 24.4 Å². The molecule has 0 unspecified atom stereocenters. The molecule has 2 aromatic rings. The van der Waals surface area contributed by atoms with Crippen molar-refractivity contribution in [1.29, 1.82) is 0 Å². The summed E-state index contributed by atoms with van der Waals surface area (Å²) < 4.78 is 4.94. The number of amides is 1. The van der Waals surface area contributed by atoms with Crippen LogP contribution in [0.15, 0.2) is 30.5 Å². The standard InChI is InChI=1S/C16H19N3O2/c1-11-5-6-12(2)13(9-11)10-19(3)15(20)14-7-8-17-16(18-14)21-4/h5-9H,10H2,1-4H3. The third-order valence-corrected chi connectivity index (χ3v) is 3.29. The van der Waals surface area contributed by atoms with Gasteiger partial charge >= 0.3 is 6.01 Å². The van der Waals surface area contributed by atoms with E-state index in [2.05, 4.69) is 28.2 Å². The molecule has 1 amide bonds. The summed E-state index contributed by atoms with van der Waals surface area (Å²) in [6.45, 7) is 4.62. The fraction of sp³-hybridized carbons (Fsp3) is 0.312. The number of rotatable bonds is 4. The van der Waals surface area contributed by atoms with E-state index in [9.17, 15) is 4.79 Å². The molecule has 0 aliphatic rings. The second-order valence-corrected chi connectivity index (χ2v) is 5.02. The van der Waals surface area contributed by atoms with Gasteiger partial charge in [-0.25, -0.2) is 4.98 Å². The van der Waals surface area contributed by atoms with Gasteiger partial charge < -0.3 is 9.64 Å². The molecule has 110 valence electrons. The molecule has 0 saturated heterocycles. The Hall–Kier alpha value is -2.43. The van der Waals surface area contributed by atoms with Crippen molar-refractivity contribution in [2.75, 3.05) is 14.2 Å². The molecule has 0 atom stereocenters. The first-order valence-electron chi connectivity index (χ1n) is 6.70. The van der Waals surface area contributed by atoms with Gasteiger partial charge in [0.25, 0.3) is 5.91 Å². The van der Waals surface area contributed by atoms with E-state index in [0.29, 0.717) is 12.2 Å². The molecule has 0 bridgehead atoms. The van der Waals surface area contributed by atoms with Crippen molar-refractivity contribution in [3.05, 3.63) is 52.8 Å². The molecule has 0 N–H and O–H groups in total. The van der Waals surface area contributed by atoms with Crippen LogP contribution in [-0.2, 0) is 6.54 Å². The predicted molar refractivity (Wildman–Crippen MR) is 80.3 cm³/mol. The highest BCUT2D eigenvalue weighted by atomic mass is 16.5. The Bertz CT molecular complexity index is 656. The van der Waals surface area contributed by atoms with Gasteiger partial charge in [-0.05, 0) is 31.0 Å². The highest BCUT2D eigenvalue weighted by molar-refractivity contribution is 5.92. The van der Waals surface area contributed by atoms with E-state index in [1.54, 1.807) is 18.0 Å². The third kappa shape index (κ3) is 3.56. The average Bonchev–Trinajstić information content (AvgIpc) is 2.50. The fourth-order valence-corrected chi connectivity index (χ4v) is 2.05. The molecule has 5 heteroatoms. The van der Waals surface area contributed by atoms with Gasteiger partial charge in [-0.2, -0.15) is 4.98 Å². The van der Waals surface area contributed by atoms with Gasteiger partial charge in [0, 0.05) is 19.8 Å². The van der Waals surface area contributed by atoms with E-state index in [0.717, 1.165) is 5.56 Å². The molecule has 0 saturated carbocycles. The summed E-state index contributed by atoms with van der Waals surface area (Å²) in [4.78, 5) is 22.0. The molecule has 5 nitrogen and oxygen atoms in total. The normalized spacial score (nSPS) is 10.3. The number of aryl methyl sites for hydroxylation is 2. The lowest BCUT2D eigenvalue weighted by Crippen LogP contribution is -2.27. The highest BCUT2D eigenvalue weighted by Gasteiger charge is 2.15. The number of aromatic nitrogens is 2. The minimum Gasteiger partial charge on any atom is -0.467 e. The summed E-state index contributed by atoms with van der Waals surface area (Å²) >= 11 is 0. The summed E-state index contributed by atoms with van der Waals surface area (Å²) in [5.74, 6) is -0.156.